The molecule has 23 heavy (non-hydrogen) atoms. The van der Waals surface area contributed by atoms with Crippen LogP contribution in [0.2, 0.25) is 0 Å². The molecule has 1 aromatic carbocycles. The number of hydrogen-bond acceptors (Lipinski definition) is 2. The average molecular weight is 316 g/mol. The van der Waals surface area contributed by atoms with E-state index in [1.807, 2.05) is 38.1 Å². The highest BCUT2D eigenvalue weighted by molar-refractivity contribution is 6.40. The summed E-state index contributed by atoms with van der Waals surface area (Å²) in [7, 11) is 0. The van der Waals surface area contributed by atoms with Crippen molar-refractivity contribution < 1.29 is 9.59 Å². The van der Waals surface area contributed by atoms with Crippen LogP contribution < -0.4 is 10.2 Å². The van der Waals surface area contributed by atoms with Crippen LogP contribution in [0.25, 0.3) is 0 Å². The molecule has 0 saturated carbocycles. The van der Waals surface area contributed by atoms with E-state index in [4.69, 9.17) is 0 Å². The Balaban J connectivity index is 2.11. The van der Waals surface area contributed by atoms with Crippen molar-refractivity contribution >= 4 is 17.5 Å². The van der Waals surface area contributed by atoms with Crippen LogP contribution in [0.1, 0.15) is 53.0 Å². The van der Waals surface area contributed by atoms with Crippen molar-refractivity contribution in [3.8, 4) is 0 Å². The SMILES string of the molecule is CC(C)(C)CC(C)(C)NC(=O)C(=O)N1CCCc2ccccc21. The highest BCUT2D eigenvalue weighted by Crippen LogP contribution is 2.28. The number of benzene rings is 1. The first-order valence-electron chi connectivity index (χ1n) is 8.31. The fraction of sp³-hybridized carbons (Fsp3) is 0.579. The molecule has 0 fully saturated rings. The second-order valence-corrected chi connectivity index (χ2v) is 8.26. The number of aryl methyl sites for hydroxylation is 1. The minimum atomic E-state index is -0.518. The zero-order chi connectivity index (χ0) is 17.3. The van der Waals surface area contributed by atoms with E-state index in [9.17, 15) is 9.59 Å². The molecule has 0 saturated heterocycles. The molecule has 0 atom stereocenters. The summed E-state index contributed by atoms with van der Waals surface area (Å²) in [6, 6.07) is 7.82. The van der Waals surface area contributed by atoms with Crippen molar-refractivity contribution in [3.05, 3.63) is 29.8 Å². The van der Waals surface area contributed by atoms with Crippen LogP contribution in [-0.4, -0.2) is 23.9 Å². The van der Waals surface area contributed by atoms with Gasteiger partial charge in [-0.15, -0.1) is 0 Å². The zero-order valence-electron chi connectivity index (χ0n) is 14.9. The topological polar surface area (TPSA) is 49.4 Å². The third kappa shape index (κ3) is 4.57. The summed E-state index contributed by atoms with van der Waals surface area (Å²) in [5.74, 6) is -0.977. The fourth-order valence-electron chi connectivity index (χ4n) is 3.60. The molecule has 0 unspecified atom stereocenters. The molecule has 0 bridgehead atoms. The Morgan fingerprint density at radius 2 is 1.78 bits per heavy atom. The summed E-state index contributed by atoms with van der Waals surface area (Å²) >= 11 is 0. The van der Waals surface area contributed by atoms with Gasteiger partial charge in [0.15, 0.2) is 0 Å². The lowest BCUT2D eigenvalue weighted by atomic mass is 9.82. The van der Waals surface area contributed by atoms with Crippen molar-refractivity contribution in [1.29, 1.82) is 0 Å². The second-order valence-electron chi connectivity index (χ2n) is 8.26. The average Bonchev–Trinajstić information content (AvgIpc) is 2.42. The van der Waals surface area contributed by atoms with E-state index in [2.05, 4.69) is 26.1 Å². The molecule has 0 aromatic heterocycles. The van der Waals surface area contributed by atoms with Gasteiger partial charge in [0.1, 0.15) is 0 Å². The van der Waals surface area contributed by atoms with E-state index in [1.165, 1.54) is 0 Å². The molecule has 1 aliphatic heterocycles. The standard InChI is InChI=1S/C19H28N2O2/c1-18(2,3)13-19(4,5)20-16(22)17(23)21-12-8-10-14-9-6-7-11-15(14)21/h6-7,9,11H,8,10,12-13H2,1-5H3,(H,20,22). The van der Waals surface area contributed by atoms with Crippen molar-refractivity contribution in [1.82, 2.24) is 5.32 Å². The predicted molar refractivity (Wildman–Crippen MR) is 93.4 cm³/mol. The molecular formula is C19H28N2O2. The molecule has 1 N–H and O–H groups in total. The molecule has 126 valence electrons. The van der Waals surface area contributed by atoms with Crippen molar-refractivity contribution in [2.45, 2.75) is 59.4 Å². The van der Waals surface area contributed by atoms with Crippen molar-refractivity contribution in [3.63, 3.8) is 0 Å². The van der Waals surface area contributed by atoms with Gasteiger partial charge in [-0.25, -0.2) is 0 Å². The maximum atomic E-state index is 12.6. The molecule has 1 aromatic rings. The summed E-state index contributed by atoms with van der Waals surface area (Å²) < 4.78 is 0. The number of rotatable bonds is 2. The van der Waals surface area contributed by atoms with Gasteiger partial charge in [-0.3, -0.25) is 9.59 Å². The van der Waals surface area contributed by atoms with Crippen LogP contribution in [0.4, 0.5) is 5.69 Å². The summed E-state index contributed by atoms with van der Waals surface area (Å²) in [5, 5.41) is 2.91. The molecule has 2 amide bonds. The first-order chi connectivity index (χ1) is 10.6. The van der Waals surface area contributed by atoms with Gasteiger partial charge >= 0.3 is 11.8 Å². The van der Waals surface area contributed by atoms with Gasteiger partial charge in [0.2, 0.25) is 0 Å². The number of anilines is 1. The lowest BCUT2D eigenvalue weighted by Gasteiger charge is -2.34. The van der Waals surface area contributed by atoms with E-state index in [1.54, 1.807) is 4.90 Å². The molecule has 0 spiro atoms. The number of para-hydroxylation sites is 1. The Morgan fingerprint density at radius 3 is 2.43 bits per heavy atom. The van der Waals surface area contributed by atoms with Crippen LogP contribution in [0, 0.1) is 5.41 Å². The first-order valence-corrected chi connectivity index (χ1v) is 8.31. The number of amides is 2. The molecule has 2 rings (SSSR count). The second kappa shape index (κ2) is 6.34. The number of carbonyl (C=O) groups excluding carboxylic acids is 2. The van der Waals surface area contributed by atoms with E-state index < -0.39 is 17.4 Å². The largest absolute Gasteiger partial charge is 0.343 e. The van der Waals surface area contributed by atoms with Gasteiger partial charge in [-0.1, -0.05) is 39.0 Å². The van der Waals surface area contributed by atoms with Gasteiger partial charge in [0.05, 0.1) is 0 Å². The highest BCUT2D eigenvalue weighted by Gasteiger charge is 2.32. The molecule has 1 aliphatic rings. The Bertz CT molecular complexity index is 600. The van der Waals surface area contributed by atoms with Crippen molar-refractivity contribution in [2.75, 3.05) is 11.4 Å². The quantitative estimate of drug-likeness (QED) is 0.851. The van der Waals surface area contributed by atoms with E-state index in [-0.39, 0.29) is 5.41 Å². The van der Waals surface area contributed by atoms with Gasteiger partial charge < -0.3 is 10.2 Å². The lowest BCUT2D eigenvalue weighted by molar-refractivity contribution is -0.138. The van der Waals surface area contributed by atoms with E-state index in [0.29, 0.717) is 6.54 Å². The van der Waals surface area contributed by atoms with Crippen LogP contribution in [-0.2, 0) is 16.0 Å². The predicted octanol–water partition coefficient (Wildman–Crippen LogP) is 3.30. The maximum Gasteiger partial charge on any atom is 0.316 e. The Morgan fingerprint density at radius 1 is 1.13 bits per heavy atom. The van der Waals surface area contributed by atoms with Gasteiger partial charge in [-0.2, -0.15) is 0 Å². The molecule has 0 aliphatic carbocycles. The Labute approximate surface area is 139 Å². The van der Waals surface area contributed by atoms with E-state index in [0.717, 1.165) is 30.5 Å². The monoisotopic (exact) mass is 316 g/mol. The third-order valence-electron chi connectivity index (χ3n) is 3.97. The highest BCUT2D eigenvalue weighted by atomic mass is 16.2. The zero-order valence-corrected chi connectivity index (χ0v) is 14.9. The molecule has 0 radical (unpaired) electrons. The number of nitrogens with zero attached hydrogens (tertiary/aromatic N) is 1. The number of nitrogens with one attached hydrogen (secondary N) is 1. The summed E-state index contributed by atoms with van der Waals surface area (Å²) in [6.45, 7) is 10.9. The van der Waals surface area contributed by atoms with Crippen LogP contribution in [0.3, 0.4) is 0 Å². The normalized spacial score (nSPS) is 15.1. The summed E-state index contributed by atoms with van der Waals surface area (Å²) in [4.78, 5) is 26.7. The van der Waals surface area contributed by atoms with Gasteiger partial charge in [0, 0.05) is 17.8 Å². The molecule has 4 nitrogen and oxygen atoms in total. The molecular weight excluding hydrogens is 288 g/mol. The fourth-order valence-corrected chi connectivity index (χ4v) is 3.60. The van der Waals surface area contributed by atoms with Crippen LogP contribution in [0.15, 0.2) is 24.3 Å². The Kier molecular flexibility index (Phi) is 4.83. The smallest absolute Gasteiger partial charge is 0.316 e. The Hall–Kier alpha value is -1.84. The van der Waals surface area contributed by atoms with Crippen LogP contribution in [0.5, 0.6) is 0 Å². The maximum absolute atomic E-state index is 12.6. The number of fused-ring (bicyclic) bond motifs is 1. The van der Waals surface area contributed by atoms with Crippen molar-refractivity contribution in [2.24, 2.45) is 5.41 Å². The van der Waals surface area contributed by atoms with Gasteiger partial charge in [0.25, 0.3) is 0 Å². The third-order valence-corrected chi connectivity index (χ3v) is 3.97. The lowest BCUT2D eigenvalue weighted by Crippen LogP contribution is -2.53. The molecule has 1 heterocycles. The van der Waals surface area contributed by atoms with E-state index >= 15 is 0 Å². The van der Waals surface area contributed by atoms with Crippen LogP contribution >= 0.6 is 0 Å². The summed E-state index contributed by atoms with van der Waals surface area (Å²) in [5.41, 5.74) is 1.67. The number of carbonyl (C=O) groups is 2. The minimum Gasteiger partial charge on any atom is -0.343 e. The number of hydrogen-bond donors (Lipinski definition) is 1. The van der Waals surface area contributed by atoms with Gasteiger partial charge in [-0.05, 0) is 50.2 Å². The minimum absolute atomic E-state index is 0.0809. The summed E-state index contributed by atoms with van der Waals surface area (Å²) in [6.07, 6.45) is 2.65. The first kappa shape index (κ1) is 17.5. The molecule has 4 heteroatoms.